The molecule has 0 aromatic carbocycles. The van der Waals surface area contributed by atoms with Crippen molar-refractivity contribution in [2.45, 2.75) is 38.3 Å². The van der Waals surface area contributed by atoms with Gasteiger partial charge in [0.1, 0.15) is 5.65 Å². The van der Waals surface area contributed by atoms with Crippen LogP contribution in [0.2, 0.25) is 0 Å². The zero-order valence-corrected chi connectivity index (χ0v) is 11.4. The number of rotatable bonds is 5. The Hall–Kier alpha value is -1.88. The molecule has 1 N–H and O–H groups in total. The number of carboxylic acid groups (broad SMARTS) is 1. The minimum Gasteiger partial charge on any atom is -0.480 e. The lowest BCUT2D eigenvalue weighted by molar-refractivity contribution is -0.139. The van der Waals surface area contributed by atoms with Crippen molar-refractivity contribution in [3.8, 4) is 0 Å². The second-order valence-electron chi connectivity index (χ2n) is 5.44. The minimum atomic E-state index is -0.763. The molecule has 0 atom stereocenters. The third-order valence-electron chi connectivity index (χ3n) is 3.96. The summed E-state index contributed by atoms with van der Waals surface area (Å²) >= 11 is 0. The standard InChI is InChI=1S/C15H19N3O2/c19-15(20)11-18(13-5-1-2-6-13)10-12-9-17-8-4-3-7-14(17)16-12/h3-4,7-9,13H,1-2,5-6,10-11H2,(H,19,20). The van der Waals surface area contributed by atoms with Crippen molar-refractivity contribution < 1.29 is 9.90 Å². The summed E-state index contributed by atoms with van der Waals surface area (Å²) in [6.45, 7) is 0.706. The maximum Gasteiger partial charge on any atom is 0.317 e. The summed E-state index contributed by atoms with van der Waals surface area (Å²) in [6, 6.07) is 6.26. The molecule has 2 aromatic rings. The second kappa shape index (κ2) is 5.63. The van der Waals surface area contributed by atoms with Gasteiger partial charge in [-0.05, 0) is 25.0 Å². The Balaban J connectivity index is 1.78. The number of nitrogens with zero attached hydrogens (tertiary/aromatic N) is 3. The van der Waals surface area contributed by atoms with E-state index in [-0.39, 0.29) is 6.54 Å². The third kappa shape index (κ3) is 2.82. The van der Waals surface area contributed by atoms with Gasteiger partial charge >= 0.3 is 5.97 Å². The number of aromatic nitrogens is 2. The fourth-order valence-corrected chi connectivity index (χ4v) is 3.03. The average Bonchev–Trinajstić information content (AvgIpc) is 3.06. The van der Waals surface area contributed by atoms with Gasteiger partial charge in [-0.3, -0.25) is 9.69 Å². The van der Waals surface area contributed by atoms with E-state index in [1.165, 1.54) is 12.8 Å². The van der Waals surface area contributed by atoms with Crippen molar-refractivity contribution in [1.29, 1.82) is 0 Å². The first kappa shape index (κ1) is 13.1. The number of imidazole rings is 1. The molecular weight excluding hydrogens is 254 g/mol. The van der Waals surface area contributed by atoms with Crippen LogP contribution < -0.4 is 0 Å². The monoisotopic (exact) mass is 273 g/mol. The number of fused-ring (bicyclic) bond motifs is 1. The van der Waals surface area contributed by atoms with Crippen molar-refractivity contribution in [3.63, 3.8) is 0 Å². The summed E-state index contributed by atoms with van der Waals surface area (Å²) in [5.41, 5.74) is 1.84. The molecule has 2 aromatic heterocycles. The van der Waals surface area contributed by atoms with Gasteiger partial charge in [0, 0.05) is 25.0 Å². The van der Waals surface area contributed by atoms with Crippen molar-refractivity contribution in [2.24, 2.45) is 0 Å². The van der Waals surface area contributed by atoms with E-state index in [0.29, 0.717) is 12.6 Å². The molecule has 1 fully saturated rings. The number of hydrogen-bond donors (Lipinski definition) is 1. The molecule has 1 aliphatic rings. The van der Waals surface area contributed by atoms with Gasteiger partial charge in [-0.1, -0.05) is 18.9 Å². The van der Waals surface area contributed by atoms with E-state index in [0.717, 1.165) is 24.2 Å². The van der Waals surface area contributed by atoms with E-state index >= 15 is 0 Å². The number of carbonyl (C=O) groups is 1. The van der Waals surface area contributed by atoms with Crippen LogP contribution in [-0.4, -0.2) is 37.9 Å². The summed E-state index contributed by atoms with van der Waals surface area (Å²) in [4.78, 5) is 17.7. The molecule has 5 nitrogen and oxygen atoms in total. The van der Waals surface area contributed by atoms with Crippen molar-refractivity contribution in [3.05, 3.63) is 36.3 Å². The lowest BCUT2D eigenvalue weighted by atomic mass is 10.2. The fraction of sp³-hybridized carbons (Fsp3) is 0.467. The van der Waals surface area contributed by atoms with Gasteiger partial charge in [0.2, 0.25) is 0 Å². The normalized spacial score (nSPS) is 16.2. The Kier molecular flexibility index (Phi) is 3.69. The largest absolute Gasteiger partial charge is 0.480 e. The van der Waals surface area contributed by atoms with Gasteiger partial charge in [0.05, 0.1) is 12.2 Å². The van der Waals surface area contributed by atoms with Gasteiger partial charge in [0.15, 0.2) is 0 Å². The van der Waals surface area contributed by atoms with E-state index in [1.54, 1.807) is 0 Å². The highest BCUT2D eigenvalue weighted by Gasteiger charge is 2.25. The average molecular weight is 273 g/mol. The molecule has 1 saturated carbocycles. The Morgan fingerprint density at radius 2 is 2.20 bits per heavy atom. The minimum absolute atomic E-state index is 0.0958. The lowest BCUT2D eigenvalue weighted by Gasteiger charge is -2.26. The van der Waals surface area contributed by atoms with Gasteiger partial charge in [-0.25, -0.2) is 4.98 Å². The predicted molar refractivity (Wildman–Crippen MR) is 75.5 cm³/mol. The van der Waals surface area contributed by atoms with Crippen LogP contribution in [0, 0.1) is 0 Å². The van der Waals surface area contributed by atoms with Crippen LogP contribution in [0.15, 0.2) is 30.6 Å². The van der Waals surface area contributed by atoms with Crippen LogP contribution in [-0.2, 0) is 11.3 Å². The lowest BCUT2D eigenvalue weighted by Crippen LogP contribution is -2.37. The molecule has 106 valence electrons. The number of carboxylic acids is 1. The molecule has 5 heteroatoms. The summed E-state index contributed by atoms with van der Waals surface area (Å²) in [7, 11) is 0. The third-order valence-corrected chi connectivity index (χ3v) is 3.96. The highest BCUT2D eigenvalue weighted by Crippen LogP contribution is 2.24. The smallest absolute Gasteiger partial charge is 0.317 e. The van der Waals surface area contributed by atoms with Gasteiger partial charge in [-0.15, -0.1) is 0 Å². The predicted octanol–water partition coefficient (Wildman–Crippen LogP) is 2.16. The first-order valence-corrected chi connectivity index (χ1v) is 7.11. The summed E-state index contributed by atoms with van der Waals surface area (Å²) < 4.78 is 1.98. The van der Waals surface area contributed by atoms with Gasteiger partial charge < -0.3 is 9.51 Å². The molecule has 0 saturated heterocycles. The number of hydrogen-bond acceptors (Lipinski definition) is 3. The quantitative estimate of drug-likeness (QED) is 0.907. The Morgan fingerprint density at radius 3 is 2.90 bits per heavy atom. The van der Waals surface area contributed by atoms with E-state index in [1.807, 2.05) is 35.0 Å². The zero-order chi connectivity index (χ0) is 13.9. The number of pyridine rings is 1. The van der Waals surface area contributed by atoms with Crippen LogP contribution in [0.5, 0.6) is 0 Å². The molecule has 0 spiro atoms. The Morgan fingerprint density at radius 1 is 1.40 bits per heavy atom. The summed E-state index contributed by atoms with van der Waals surface area (Å²) in [5.74, 6) is -0.763. The van der Waals surface area contributed by atoms with Crippen molar-refractivity contribution in [2.75, 3.05) is 6.54 Å². The van der Waals surface area contributed by atoms with E-state index in [9.17, 15) is 4.79 Å². The first-order valence-electron chi connectivity index (χ1n) is 7.11. The summed E-state index contributed by atoms with van der Waals surface area (Å²) in [6.07, 6.45) is 8.54. The van der Waals surface area contributed by atoms with Crippen molar-refractivity contribution in [1.82, 2.24) is 14.3 Å². The highest BCUT2D eigenvalue weighted by molar-refractivity contribution is 5.69. The first-order chi connectivity index (χ1) is 9.72. The van der Waals surface area contributed by atoms with E-state index in [4.69, 9.17) is 5.11 Å². The fourth-order valence-electron chi connectivity index (χ4n) is 3.03. The van der Waals surface area contributed by atoms with Gasteiger partial charge in [-0.2, -0.15) is 0 Å². The second-order valence-corrected chi connectivity index (χ2v) is 5.44. The van der Waals surface area contributed by atoms with E-state index in [2.05, 4.69) is 9.88 Å². The van der Waals surface area contributed by atoms with Crippen LogP contribution in [0.25, 0.3) is 5.65 Å². The molecule has 0 unspecified atom stereocenters. The maximum atomic E-state index is 11.1. The van der Waals surface area contributed by atoms with Gasteiger partial charge in [0.25, 0.3) is 0 Å². The molecule has 2 heterocycles. The van der Waals surface area contributed by atoms with E-state index < -0.39 is 5.97 Å². The van der Waals surface area contributed by atoms with Crippen molar-refractivity contribution >= 4 is 11.6 Å². The van der Waals surface area contributed by atoms with Crippen LogP contribution >= 0.6 is 0 Å². The molecule has 0 amide bonds. The molecule has 20 heavy (non-hydrogen) atoms. The molecule has 0 radical (unpaired) electrons. The molecule has 1 aliphatic carbocycles. The summed E-state index contributed by atoms with van der Waals surface area (Å²) in [5, 5.41) is 9.09. The molecule has 3 rings (SSSR count). The van der Waals surface area contributed by atoms with Crippen LogP contribution in [0.1, 0.15) is 31.4 Å². The Bertz CT molecular complexity index is 569. The van der Waals surface area contributed by atoms with Crippen LogP contribution in [0.4, 0.5) is 0 Å². The van der Waals surface area contributed by atoms with Crippen LogP contribution in [0.3, 0.4) is 0 Å². The maximum absolute atomic E-state index is 11.1. The topological polar surface area (TPSA) is 57.8 Å². The molecular formula is C15H19N3O2. The highest BCUT2D eigenvalue weighted by atomic mass is 16.4. The molecule has 0 aliphatic heterocycles. The molecule has 0 bridgehead atoms. The zero-order valence-electron chi connectivity index (χ0n) is 11.4. The number of aliphatic carboxylic acids is 1. The SMILES string of the molecule is O=C(O)CN(Cc1cn2ccccc2n1)C1CCCC1. The Labute approximate surface area is 117 Å².